The van der Waals surface area contributed by atoms with Crippen molar-refractivity contribution in [2.24, 2.45) is 0 Å². The standard InChI is InChI=1S/C22H26ClN3O2/c1-28-18-7-9-20-16(13-18)5-4-12-26(20)22(27)15-24-19-14-17(23)6-8-21(19)25-10-2-3-11-25/h6-9,13-14,24H,2-5,10-12,15H2,1H3. The lowest BCUT2D eigenvalue weighted by atomic mass is 10.0. The van der Waals surface area contributed by atoms with Gasteiger partial charge in [0.1, 0.15) is 5.75 Å². The summed E-state index contributed by atoms with van der Waals surface area (Å²) in [6.45, 7) is 3.08. The molecule has 2 aliphatic rings. The maximum Gasteiger partial charge on any atom is 0.246 e. The van der Waals surface area contributed by atoms with Crippen LogP contribution in [0.15, 0.2) is 36.4 Å². The van der Waals surface area contributed by atoms with E-state index in [9.17, 15) is 4.79 Å². The number of amides is 1. The lowest BCUT2D eigenvalue weighted by molar-refractivity contribution is -0.117. The highest BCUT2D eigenvalue weighted by atomic mass is 35.5. The molecule has 2 aromatic rings. The molecule has 6 heteroatoms. The normalized spacial score (nSPS) is 16.1. The van der Waals surface area contributed by atoms with Gasteiger partial charge in [0.2, 0.25) is 5.91 Å². The van der Waals surface area contributed by atoms with Crippen molar-refractivity contribution in [1.29, 1.82) is 0 Å². The van der Waals surface area contributed by atoms with Gasteiger partial charge in [0.25, 0.3) is 0 Å². The minimum Gasteiger partial charge on any atom is -0.497 e. The van der Waals surface area contributed by atoms with E-state index in [0.29, 0.717) is 5.02 Å². The Balaban J connectivity index is 1.49. The van der Waals surface area contributed by atoms with Gasteiger partial charge in [0.15, 0.2) is 0 Å². The Bertz CT molecular complexity index is 865. The molecule has 1 fully saturated rings. The molecule has 2 heterocycles. The summed E-state index contributed by atoms with van der Waals surface area (Å²) in [6, 6.07) is 11.8. The first-order valence-corrected chi connectivity index (χ1v) is 10.3. The predicted octanol–water partition coefficient (Wildman–Crippen LogP) is 4.34. The van der Waals surface area contributed by atoms with Gasteiger partial charge in [-0.25, -0.2) is 0 Å². The van der Waals surface area contributed by atoms with Crippen LogP contribution in [0.4, 0.5) is 17.1 Å². The van der Waals surface area contributed by atoms with Crippen LogP contribution >= 0.6 is 11.6 Å². The lowest BCUT2D eigenvalue weighted by Crippen LogP contribution is -2.39. The number of fused-ring (bicyclic) bond motifs is 1. The van der Waals surface area contributed by atoms with Crippen molar-refractivity contribution in [3.05, 3.63) is 47.0 Å². The van der Waals surface area contributed by atoms with Crippen molar-refractivity contribution in [3.63, 3.8) is 0 Å². The fourth-order valence-corrected chi connectivity index (χ4v) is 4.28. The van der Waals surface area contributed by atoms with Crippen molar-refractivity contribution in [1.82, 2.24) is 0 Å². The molecule has 5 nitrogen and oxygen atoms in total. The summed E-state index contributed by atoms with van der Waals surface area (Å²) in [4.78, 5) is 17.2. The fraction of sp³-hybridized carbons (Fsp3) is 0.409. The van der Waals surface area contributed by atoms with Crippen LogP contribution < -0.4 is 19.9 Å². The number of methoxy groups -OCH3 is 1. The third-order valence-corrected chi connectivity index (χ3v) is 5.78. The Morgan fingerprint density at radius 2 is 1.86 bits per heavy atom. The summed E-state index contributed by atoms with van der Waals surface area (Å²) in [5.41, 5.74) is 4.21. The lowest BCUT2D eigenvalue weighted by Gasteiger charge is -2.30. The van der Waals surface area contributed by atoms with Gasteiger partial charge in [-0.05, 0) is 67.6 Å². The van der Waals surface area contributed by atoms with Gasteiger partial charge in [-0.1, -0.05) is 11.6 Å². The van der Waals surface area contributed by atoms with Crippen LogP contribution in [-0.4, -0.2) is 39.2 Å². The molecule has 1 saturated heterocycles. The van der Waals surface area contributed by atoms with Crippen molar-refractivity contribution >= 4 is 34.6 Å². The Morgan fingerprint density at radius 1 is 1.07 bits per heavy atom. The monoisotopic (exact) mass is 399 g/mol. The van der Waals surface area contributed by atoms with Crippen molar-refractivity contribution in [2.45, 2.75) is 25.7 Å². The third kappa shape index (κ3) is 3.90. The molecular formula is C22H26ClN3O2. The number of nitrogens with zero attached hydrogens (tertiary/aromatic N) is 2. The van der Waals surface area contributed by atoms with E-state index < -0.39 is 0 Å². The molecule has 0 aliphatic carbocycles. The summed E-state index contributed by atoms with van der Waals surface area (Å²) >= 11 is 6.22. The van der Waals surface area contributed by atoms with E-state index in [1.54, 1.807) is 7.11 Å². The van der Waals surface area contributed by atoms with Crippen LogP contribution in [-0.2, 0) is 11.2 Å². The number of halogens is 1. The van der Waals surface area contributed by atoms with Gasteiger partial charge in [-0.3, -0.25) is 4.79 Å². The molecule has 1 amide bonds. The van der Waals surface area contributed by atoms with Gasteiger partial charge in [-0.2, -0.15) is 0 Å². The highest BCUT2D eigenvalue weighted by Gasteiger charge is 2.23. The SMILES string of the molecule is COc1ccc2c(c1)CCCN2C(=O)CNc1cc(Cl)ccc1N1CCCC1. The highest BCUT2D eigenvalue weighted by Crippen LogP contribution is 2.33. The maximum atomic E-state index is 13.0. The molecule has 2 aliphatic heterocycles. The first-order chi connectivity index (χ1) is 13.7. The van der Waals surface area contributed by atoms with E-state index in [-0.39, 0.29) is 12.5 Å². The summed E-state index contributed by atoms with van der Waals surface area (Å²) in [5, 5.41) is 4.01. The summed E-state index contributed by atoms with van der Waals surface area (Å²) in [7, 11) is 1.67. The maximum absolute atomic E-state index is 13.0. The molecule has 4 rings (SSSR count). The van der Waals surface area contributed by atoms with Gasteiger partial charge in [0.05, 0.1) is 25.0 Å². The molecule has 28 heavy (non-hydrogen) atoms. The molecule has 0 saturated carbocycles. The number of carbonyl (C=O) groups is 1. The zero-order valence-electron chi connectivity index (χ0n) is 16.2. The summed E-state index contributed by atoms with van der Waals surface area (Å²) < 4.78 is 5.32. The molecular weight excluding hydrogens is 374 g/mol. The zero-order chi connectivity index (χ0) is 19.5. The second-order valence-corrected chi connectivity index (χ2v) is 7.79. The smallest absolute Gasteiger partial charge is 0.246 e. The Hall–Kier alpha value is -2.40. The van der Waals surface area contributed by atoms with Crippen LogP contribution in [0.1, 0.15) is 24.8 Å². The average Bonchev–Trinajstić information content (AvgIpc) is 3.25. The number of hydrogen-bond acceptors (Lipinski definition) is 4. The van der Waals surface area contributed by atoms with E-state index in [4.69, 9.17) is 16.3 Å². The van der Waals surface area contributed by atoms with Crippen molar-refractivity contribution in [2.75, 3.05) is 48.4 Å². The van der Waals surface area contributed by atoms with Crippen LogP contribution in [0.25, 0.3) is 0 Å². The largest absolute Gasteiger partial charge is 0.497 e. The molecule has 148 valence electrons. The van der Waals surface area contributed by atoms with Crippen LogP contribution in [0, 0.1) is 0 Å². The van der Waals surface area contributed by atoms with E-state index in [2.05, 4.69) is 10.2 Å². The van der Waals surface area contributed by atoms with Crippen LogP contribution in [0.3, 0.4) is 0 Å². The number of carbonyl (C=O) groups excluding carboxylic acids is 1. The number of hydrogen-bond donors (Lipinski definition) is 1. The fourth-order valence-electron chi connectivity index (χ4n) is 4.11. The van der Waals surface area contributed by atoms with Gasteiger partial charge in [-0.15, -0.1) is 0 Å². The molecule has 0 unspecified atom stereocenters. The van der Waals surface area contributed by atoms with Gasteiger partial charge in [0, 0.05) is 30.3 Å². The minimum absolute atomic E-state index is 0.0680. The topological polar surface area (TPSA) is 44.8 Å². The molecule has 0 atom stereocenters. The van der Waals surface area contributed by atoms with Crippen LogP contribution in [0.2, 0.25) is 5.02 Å². The Kier molecular flexibility index (Phi) is 5.62. The molecule has 1 N–H and O–H groups in total. The van der Waals surface area contributed by atoms with Gasteiger partial charge >= 0.3 is 0 Å². The number of anilines is 3. The van der Waals surface area contributed by atoms with E-state index in [1.807, 2.05) is 41.3 Å². The number of rotatable bonds is 5. The van der Waals surface area contributed by atoms with Crippen molar-refractivity contribution < 1.29 is 9.53 Å². The Morgan fingerprint density at radius 3 is 2.64 bits per heavy atom. The van der Waals surface area contributed by atoms with Gasteiger partial charge < -0.3 is 19.9 Å². The summed E-state index contributed by atoms with van der Waals surface area (Å²) in [6.07, 6.45) is 4.34. The van der Waals surface area contributed by atoms with E-state index in [1.165, 1.54) is 18.4 Å². The first kappa shape index (κ1) is 18.9. The second kappa shape index (κ2) is 8.31. The molecule has 0 spiro atoms. The zero-order valence-corrected chi connectivity index (χ0v) is 17.0. The van der Waals surface area contributed by atoms with Crippen molar-refractivity contribution in [3.8, 4) is 5.75 Å². The molecule has 2 aromatic carbocycles. The Labute approximate surface area is 171 Å². The molecule has 0 bridgehead atoms. The quantitative estimate of drug-likeness (QED) is 0.812. The summed E-state index contributed by atoms with van der Waals surface area (Å²) in [5.74, 6) is 0.902. The van der Waals surface area contributed by atoms with E-state index in [0.717, 1.165) is 55.3 Å². The third-order valence-electron chi connectivity index (χ3n) is 5.54. The molecule has 0 radical (unpaired) electrons. The number of aryl methyl sites for hydroxylation is 1. The number of nitrogens with one attached hydrogen (secondary N) is 1. The average molecular weight is 400 g/mol. The second-order valence-electron chi connectivity index (χ2n) is 7.35. The highest BCUT2D eigenvalue weighted by molar-refractivity contribution is 6.31. The minimum atomic E-state index is 0.0680. The number of benzene rings is 2. The first-order valence-electron chi connectivity index (χ1n) is 9.91. The predicted molar refractivity (Wildman–Crippen MR) is 115 cm³/mol. The number of ether oxygens (including phenoxy) is 1. The van der Waals surface area contributed by atoms with E-state index >= 15 is 0 Å². The van der Waals surface area contributed by atoms with Crippen LogP contribution in [0.5, 0.6) is 5.75 Å². The molecule has 0 aromatic heterocycles.